The van der Waals surface area contributed by atoms with Gasteiger partial charge in [-0.1, -0.05) is 39.5 Å². The van der Waals surface area contributed by atoms with Gasteiger partial charge in [0.25, 0.3) is 0 Å². The van der Waals surface area contributed by atoms with Gasteiger partial charge in [0.2, 0.25) is 0 Å². The Labute approximate surface area is 121 Å². The van der Waals surface area contributed by atoms with E-state index in [1.54, 1.807) is 0 Å². The number of halogens is 3. The van der Waals surface area contributed by atoms with Crippen molar-refractivity contribution >= 4 is 0 Å². The summed E-state index contributed by atoms with van der Waals surface area (Å²) in [6.07, 6.45) is 1.77. The molecule has 5 heteroatoms. The standard InChI is InChI=1S/C15H29F3N2/c1-13(2)7-5-3-4-6-9-20-10-8-19-11-14(12-20)15(16,17)18/h13-14,19H,3-12H2,1-2H3. The lowest BCUT2D eigenvalue weighted by molar-refractivity contribution is -0.175. The van der Waals surface area contributed by atoms with Crippen LogP contribution in [0.5, 0.6) is 0 Å². The van der Waals surface area contributed by atoms with Crippen molar-refractivity contribution < 1.29 is 13.2 Å². The van der Waals surface area contributed by atoms with E-state index in [0.717, 1.165) is 31.8 Å². The molecule has 0 aliphatic carbocycles. The van der Waals surface area contributed by atoms with Crippen LogP contribution in [-0.4, -0.2) is 43.8 Å². The van der Waals surface area contributed by atoms with Crippen molar-refractivity contribution in [2.45, 2.75) is 52.1 Å². The summed E-state index contributed by atoms with van der Waals surface area (Å²) in [6, 6.07) is 0. The van der Waals surface area contributed by atoms with Crippen LogP contribution in [0.25, 0.3) is 0 Å². The third-order valence-corrected chi connectivity index (χ3v) is 3.94. The Bertz CT molecular complexity index is 254. The molecule has 1 atom stereocenters. The monoisotopic (exact) mass is 294 g/mol. The number of hydrogen-bond donors (Lipinski definition) is 1. The smallest absolute Gasteiger partial charge is 0.315 e. The van der Waals surface area contributed by atoms with Gasteiger partial charge in [-0.25, -0.2) is 0 Å². The second-order valence-corrected chi connectivity index (χ2v) is 6.34. The molecule has 1 saturated heterocycles. The SMILES string of the molecule is CC(C)CCCCCCN1CCNCC(C(F)(F)F)C1. The van der Waals surface area contributed by atoms with Crippen molar-refractivity contribution in [2.24, 2.45) is 11.8 Å². The first kappa shape index (κ1) is 17.8. The van der Waals surface area contributed by atoms with Gasteiger partial charge >= 0.3 is 6.18 Å². The zero-order valence-electron chi connectivity index (χ0n) is 12.8. The summed E-state index contributed by atoms with van der Waals surface area (Å²) in [5.41, 5.74) is 0. The first-order chi connectivity index (χ1) is 9.39. The summed E-state index contributed by atoms with van der Waals surface area (Å²) >= 11 is 0. The van der Waals surface area contributed by atoms with E-state index >= 15 is 0 Å². The van der Waals surface area contributed by atoms with Crippen LogP contribution in [0.3, 0.4) is 0 Å². The van der Waals surface area contributed by atoms with Gasteiger partial charge in [0.1, 0.15) is 0 Å². The van der Waals surface area contributed by atoms with Crippen LogP contribution >= 0.6 is 0 Å². The van der Waals surface area contributed by atoms with Gasteiger partial charge in [-0.2, -0.15) is 13.2 Å². The van der Waals surface area contributed by atoms with Gasteiger partial charge in [0.05, 0.1) is 5.92 Å². The fourth-order valence-corrected chi connectivity index (χ4v) is 2.64. The Morgan fingerprint density at radius 1 is 1.15 bits per heavy atom. The van der Waals surface area contributed by atoms with Crippen LogP contribution in [-0.2, 0) is 0 Å². The Morgan fingerprint density at radius 2 is 1.85 bits per heavy atom. The molecule has 2 nitrogen and oxygen atoms in total. The lowest BCUT2D eigenvalue weighted by atomic mass is 10.0. The number of unbranched alkanes of at least 4 members (excludes halogenated alkanes) is 3. The van der Waals surface area contributed by atoms with Gasteiger partial charge in [-0.05, 0) is 18.9 Å². The molecule has 1 aliphatic rings. The third-order valence-electron chi connectivity index (χ3n) is 3.94. The minimum absolute atomic E-state index is 0.0639. The van der Waals surface area contributed by atoms with Gasteiger partial charge in [0.15, 0.2) is 0 Å². The normalized spacial score (nSPS) is 22.2. The first-order valence-electron chi connectivity index (χ1n) is 7.89. The molecule has 0 aromatic rings. The summed E-state index contributed by atoms with van der Waals surface area (Å²) in [7, 11) is 0. The van der Waals surface area contributed by atoms with Crippen molar-refractivity contribution in [1.29, 1.82) is 0 Å². The predicted octanol–water partition coefficient (Wildman–Crippen LogP) is 3.68. The van der Waals surface area contributed by atoms with E-state index in [2.05, 4.69) is 19.2 Å². The average molecular weight is 294 g/mol. The molecule has 1 aliphatic heterocycles. The molecule has 0 spiro atoms. The molecule has 0 saturated carbocycles. The highest BCUT2D eigenvalue weighted by Crippen LogP contribution is 2.27. The molecule has 0 amide bonds. The third kappa shape index (κ3) is 7.48. The molecule has 1 unspecified atom stereocenters. The molecular formula is C15H29F3N2. The highest BCUT2D eigenvalue weighted by molar-refractivity contribution is 4.78. The minimum Gasteiger partial charge on any atom is -0.315 e. The van der Waals surface area contributed by atoms with Crippen molar-refractivity contribution in [3.8, 4) is 0 Å². The maximum absolute atomic E-state index is 12.8. The van der Waals surface area contributed by atoms with Gasteiger partial charge in [-0.3, -0.25) is 0 Å². The molecule has 120 valence electrons. The number of nitrogens with zero attached hydrogens (tertiary/aromatic N) is 1. The highest BCUT2D eigenvalue weighted by atomic mass is 19.4. The first-order valence-corrected chi connectivity index (χ1v) is 7.89. The van der Waals surface area contributed by atoms with E-state index in [4.69, 9.17) is 0 Å². The van der Waals surface area contributed by atoms with Gasteiger partial charge in [-0.15, -0.1) is 0 Å². The Kier molecular flexibility index (Phi) is 7.88. The van der Waals surface area contributed by atoms with Crippen LogP contribution in [0.2, 0.25) is 0 Å². The van der Waals surface area contributed by atoms with Gasteiger partial charge in [0, 0.05) is 26.2 Å². The molecule has 0 bridgehead atoms. The number of hydrogen-bond acceptors (Lipinski definition) is 2. The molecule has 1 rings (SSSR count). The summed E-state index contributed by atoms with van der Waals surface area (Å²) in [5.74, 6) is -0.467. The lowest BCUT2D eigenvalue weighted by Crippen LogP contribution is -2.38. The molecule has 1 heterocycles. The Morgan fingerprint density at radius 3 is 2.50 bits per heavy atom. The molecular weight excluding hydrogens is 265 g/mol. The van der Waals surface area contributed by atoms with Crippen LogP contribution in [0.1, 0.15) is 46.0 Å². The van der Waals surface area contributed by atoms with Crippen LogP contribution in [0.4, 0.5) is 13.2 Å². The minimum atomic E-state index is -4.08. The van der Waals surface area contributed by atoms with Crippen LogP contribution in [0.15, 0.2) is 0 Å². The molecule has 1 N–H and O–H groups in total. The topological polar surface area (TPSA) is 15.3 Å². The van der Waals surface area contributed by atoms with Gasteiger partial charge < -0.3 is 10.2 Å². The zero-order chi connectivity index (χ0) is 15.0. The Balaban J connectivity index is 2.18. The summed E-state index contributed by atoms with van der Waals surface area (Å²) in [6.45, 7) is 6.87. The second kappa shape index (κ2) is 8.88. The Hall–Kier alpha value is -0.290. The quantitative estimate of drug-likeness (QED) is 0.721. The zero-order valence-corrected chi connectivity index (χ0v) is 12.8. The summed E-state index contributed by atoms with van der Waals surface area (Å²) in [4.78, 5) is 1.97. The van der Waals surface area contributed by atoms with E-state index in [1.807, 2.05) is 4.90 Å². The van der Waals surface area contributed by atoms with Crippen molar-refractivity contribution in [1.82, 2.24) is 10.2 Å². The second-order valence-electron chi connectivity index (χ2n) is 6.34. The largest absolute Gasteiger partial charge is 0.394 e. The van der Waals surface area contributed by atoms with Crippen LogP contribution < -0.4 is 5.32 Å². The van der Waals surface area contributed by atoms with Crippen LogP contribution in [0, 0.1) is 11.8 Å². The maximum atomic E-state index is 12.8. The van der Waals surface area contributed by atoms with Crippen molar-refractivity contribution in [3.63, 3.8) is 0 Å². The fraction of sp³-hybridized carbons (Fsp3) is 1.00. The van der Waals surface area contributed by atoms with E-state index in [1.165, 1.54) is 19.3 Å². The van der Waals surface area contributed by atoms with E-state index in [-0.39, 0.29) is 13.1 Å². The van der Waals surface area contributed by atoms with E-state index < -0.39 is 12.1 Å². The number of rotatable bonds is 7. The van der Waals surface area contributed by atoms with E-state index in [9.17, 15) is 13.2 Å². The summed E-state index contributed by atoms with van der Waals surface area (Å²) < 4.78 is 38.4. The maximum Gasteiger partial charge on any atom is 0.394 e. The molecule has 0 aromatic carbocycles. The number of nitrogens with one attached hydrogen (secondary N) is 1. The van der Waals surface area contributed by atoms with Crippen molar-refractivity contribution in [3.05, 3.63) is 0 Å². The van der Waals surface area contributed by atoms with E-state index in [0.29, 0.717) is 6.54 Å². The highest BCUT2D eigenvalue weighted by Gasteiger charge is 2.40. The molecule has 1 fully saturated rings. The fourth-order valence-electron chi connectivity index (χ4n) is 2.64. The summed E-state index contributed by atoms with van der Waals surface area (Å²) in [5, 5.41) is 2.90. The average Bonchev–Trinajstić information content (AvgIpc) is 2.58. The number of alkyl halides is 3. The lowest BCUT2D eigenvalue weighted by Gasteiger charge is -2.25. The molecule has 20 heavy (non-hydrogen) atoms. The van der Waals surface area contributed by atoms with Crippen molar-refractivity contribution in [2.75, 3.05) is 32.7 Å². The molecule has 0 radical (unpaired) electrons. The predicted molar refractivity (Wildman–Crippen MR) is 76.8 cm³/mol. The molecule has 0 aromatic heterocycles.